The predicted octanol–water partition coefficient (Wildman–Crippen LogP) is 2.12. The number of aryl methyl sites for hydroxylation is 1. The number of hydrogen-bond donors (Lipinski definition) is 3. The average molecular weight is 264 g/mol. The number of anilines is 2. The van der Waals surface area contributed by atoms with Gasteiger partial charge in [0.05, 0.1) is 5.60 Å². The molecule has 106 valence electrons. The quantitative estimate of drug-likeness (QED) is 0.758. The van der Waals surface area contributed by atoms with Crippen LogP contribution in [0.2, 0.25) is 0 Å². The van der Waals surface area contributed by atoms with Crippen molar-refractivity contribution in [2.75, 3.05) is 17.6 Å². The summed E-state index contributed by atoms with van der Waals surface area (Å²) < 4.78 is 0. The van der Waals surface area contributed by atoms with E-state index in [-0.39, 0.29) is 0 Å². The van der Waals surface area contributed by atoms with Gasteiger partial charge in [-0.1, -0.05) is 26.2 Å². The summed E-state index contributed by atoms with van der Waals surface area (Å²) in [4.78, 5) is 8.63. The number of aromatic nitrogens is 2. The van der Waals surface area contributed by atoms with Crippen LogP contribution in [0.4, 0.5) is 11.6 Å². The van der Waals surface area contributed by atoms with Crippen molar-refractivity contribution in [1.29, 1.82) is 0 Å². The Morgan fingerprint density at radius 2 is 2.05 bits per heavy atom. The van der Waals surface area contributed by atoms with Crippen molar-refractivity contribution in [3.8, 4) is 0 Å². The summed E-state index contributed by atoms with van der Waals surface area (Å²) >= 11 is 0. The Hall–Kier alpha value is -1.36. The van der Waals surface area contributed by atoms with Crippen LogP contribution in [0.3, 0.4) is 0 Å². The number of hydrogen-bond acceptors (Lipinski definition) is 5. The van der Waals surface area contributed by atoms with Crippen molar-refractivity contribution >= 4 is 11.6 Å². The van der Waals surface area contributed by atoms with Crippen molar-refractivity contribution in [3.05, 3.63) is 11.9 Å². The maximum Gasteiger partial charge on any atom is 0.133 e. The highest BCUT2D eigenvalue weighted by molar-refractivity contribution is 5.44. The summed E-state index contributed by atoms with van der Waals surface area (Å²) in [6.07, 6.45) is 6.97. The SMILES string of the molecule is CCCc1nc(N)cc(NCC2(O)CCCCC2)n1. The predicted molar refractivity (Wildman–Crippen MR) is 77.0 cm³/mol. The van der Waals surface area contributed by atoms with E-state index >= 15 is 0 Å². The second-order valence-electron chi connectivity index (χ2n) is 5.48. The fourth-order valence-corrected chi connectivity index (χ4v) is 2.59. The molecule has 5 heteroatoms. The molecule has 1 aromatic rings. The van der Waals surface area contributed by atoms with Crippen LogP contribution in [0, 0.1) is 0 Å². The molecule has 1 saturated carbocycles. The molecule has 1 aromatic heterocycles. The Labute approximate surface area is 114 Å². The van der Waals surface area contributed by atoms with E-state index in [4.69, 9.17) is 5.73 Å². The molecule has 0 bridgehead atoms. The zero-order valence-corrected chi connectivity index (χ0v) is 11.7. The van der Waals surface area contributed by atoms with Gasteiger partial charge in [0, 0.05) is 19.0 Å². The largest absolute Gasteiger partial charge is 0.388 e. The van der Waals surface area contributed by atoms with E-state index in [2.05, 4.69) is 22.2 Å². The van der Waals surface area contributed by atoms with Crippen molar-refractivity contribution in [2.45, 2.75) is 57.5 Å². The third-order valence-corrected chi connectivity index (χ3v) is 3.65. The topological polar surface area (TPSA) is 84.1 Å². The number of nitrogens with zero attached hydrogens (tertiary/aromatic N) is 2. The van der Waals surface area contributed by atoms with Gasteiger partial charge in [0.25, 0.3) is 0 Å². The van der Waals surface area contributed by atoms with Gasteiger partial charge in [0.1, 0.15) is 17.5 Å². The van der Waals surface area contributed by atoms with Gasteiger partial charge in [-0.05, 0) is 19.3 Å². The van der Waals surface area contributed by atoms with Gasteiger partial charge in [0.15, 0.2) is 0 Å². The normalized spacial score (nSPS) is 18.2. The summed E-state index contributed by atoms with van der Waals surface area (Å²) in [5.41, 5.74) is 5.18. The first-order valence-corrected chi connectivity index (χ1v) is 7.21. The lowest BCUT2D eigenvalue weighted by atomic mass is 9.85. The van der Waals surface area contributed by atoms with Gasteiger partial charge < -0.3 is 16.2 Å². The smallest absolute Gasteiger partial charge is 0.133 e. The van der Waals surface area contributed by atoms with E-state index in [1.54, 1.807) is 6.07 Å². The second-order valence-corrected chi connectivity index (χ2v) is 5.48. The molecule has 0 aromatic carbocycles. The van der Waals surface area contributed by atoms with Crippen LogP contribution < -0.4 is 11.1 Å². The maximum absolute atomic E-state index is 10.4. The van der Waals surface area contributed by atoms with E-state index in [9.17, 15) is 5.11 Å². The maximum atomic E-state index is 10.4. The first-order chi connectivity index (χ1) is 9.11. The minimum Gasteiger partial charge on any atom is -0.388 e. The van der Waals surface area contributed by atoms with Gasteiger partial charge in [-0.25, -0.2) is 9.97 Å². The zero-order chi connectivity index (χ0) is 13.7. The Kier molecular flexibility index (Phi) is 4.58. The fraction of sp³-hybridized carbons (Fsp3) is 0.714. The molecule has 0 radical (unpaired) electrons. The third-order valence-electron chi connectivity index (χ3n) is 3.65. The number of nitrogens with two attached hydrogens (primary N) is 1. The summed E-state index contributed by atoms with van der Waals surface area (Å²) in [5, 5.41) is 13.7. The lowest BCUT2D eigenvalue weighted by Gasteiger charge is -2.32. The Morgan fingerprint density at radius 3 is 2.74 bits per heavy atom. The van der Waals surface area contributed by atoms with Gasteiger partial charge in [-0.3, -0.25) is 0 Å². The summed E-state index contributed by atoms with van der Waals surface area (Å²) in [5.74, 6) is 1.96. The molecule has 0 aliphatic heterocycles. The number of nitrogen functional groups attached to an aromatic ring is 1. The van der Waals surface area contributed by atoms with Crippen molar-refractivity contribution in [3.63, 3.8) is 0 Å². The second kappa shape index (κ2) is 6.19. The molecule has 0 atom stereocenters. The minimum atomic E-state index is -0.594. The van der Waals surface area contributed by atoms with Crippen LogP contribution in [-0.4, -0.2) is 27.2 Å². The summed E-state index contributed by atoms with van der Waals surface area (Å²) in [6, 6.07) is 1.73. The number of rotatable bonds is 5. The lowest BCUT2D eigenvalue weighted by molar-refractivity contribution is 0.0166. The van der Waals surface area contributed by atoms with Gasteiger partial charge in [-0.15, -0.1) is 0 Å². The first-order valence-electron chi connectivity index (χ1n) is 7.21. The fourth-order valence-electron chi connectivity index (χ4n) is 2.59. The molecule has 0 amide bonds. The van der Waals surface area contributed by atoms with Gasteiger partial charge in [0.2, 0.25) is 0 Å². The van der Waals surface area contributed by atoms with E-state index in [0.29, 0.717) is 12.4 Å². The molecule has 4 N–H and O–H groups in total. The number of nitrogens with one attached hydrogen (secondary N) is 1. The average Bonchev–Trinajstić information content (AvgIpc) is 2.37. The van der Waals surface area contributed by atoms with Crippen LogP contribution in [0.1, 0.15) is 51.3 Å². The van der Waals surface area contributed by atoms with E-state index in [0.717, 1.165) is 50.2 Å². The van der Waals surface area contributed by atoms with Crippen LogP contribution in [0.25, 0.3) is 0 Å². The minimum absolute atomic E-state index is 0.483. The van der Waals surface area contributed by atoms with Crippen molar-refractivity contribution in [2.24, 2.45) is 0 Å². The van der Waals surface area contributed by atoms with Crippen molar-refractivity contribution < 1.29 is 5.11 Å². The van der Waals surface area contributed by atoms with Crippen LogP contribution in [-0.2, 0) is 6.42 Å². The zero-order valence-electron chi connectivity index (χ0n) is 11.7. The summed E-state index contributed by atoms with van der Waals surface area (Å²) in [6.45, 7) is 2.62. The van der Waals surface area contributed by atoms with E-state index in [1.165, 1.54) is 6.42 Å². The molecule has 1 aliphatic carbocycles. The highest BCUT2D eigenvalue weighted by atomic mass is 16.3. The highest BCUT2D eigenvalue weighted by Crippen LogP contribution is 2.28. The molecule has 0 saturated heterocycles. The van der Waals surface area contributed by atoms with Gasteiger partial charge in [-0.2, -0.15) is 0 Å². The Morgan fingerprint density at radius 1 is 1.32 bits per heavy atom. The van der Waals surface area contributed by atoms with E-state index in [1.807, 2.05) is 0 Å². The molecule has 1 heterocycles. The Balaban J connectivity index is 1.98. The molecular formula is C14H24N4O. The first kappa shape index (κ1) is 14.1. The van der Waals surface area contributed by atoms with E-state index < -0.39 is 5.60 Å². The molecule has 0 unspecified atom stereocenters. The molecule has 0 spiro atoms. The standard InChI is InChI=1S/C14H24N4O/c1-2-6-12-17-11(15)9-13(18-12)16-10-14(19)7-4-3-5-8-14/h9,19H,2-8,10H2,1H3,(H3,15,16,17,18). The molecule has 19 heavy (non-hydrogen) atoms. The van der Waals surface area contributed by atoms with Crippen LogP contribution in [0.15, 0.2) is 6.07 Å². The molecular weight excluding hydrogens is 240 g/mol. The Bertz CT molecular complexity index is 416. The van der Waals surface area contributed by atoms with Crippen molar-refractivity contribution in [1.82, 2.24) is 9.97 Å². The lowest BCUT2D eigenvalue weighted by Crippen LogP contribution is -2.39. The van der Waals surface area contributed by atoms with Gasteiger partial charge >= 0.3 is 0 Å². The van der Waals surface area contributed by atoms with Crippen LogP contribution >= 0.6 is 0 Å². The van der Waals surface area contributed by atoms with Crippen LogP contribution in [0.5, 0.6) is 0 Å². The molecule has 2 rings (SSSR count). The summed E-state index contributed by atoms with van der Waals surface area (Å²) in [7, 11) is 0. The molecule has 1 fully saturated rings. The monoisotopic (exact) mass is 264 g/mol. The molecule has 1 aliphatic rings. The third kappa shape index (κ3) is 4.06. The molecule has 5 nitrogen and oxygen atoms in total. The highest BCUT2D eigenvalue weighted by Gasteiger charge is 2.28. The number of aliphatic hydroxyl groups is 1.